The van der Waals surface area contributed by atoms with E-state index in [9.17, 15) is 23.2 Å². The number of carbonyl (C=O) groups is 1. The minimum atomic E-state index is -4.72. The number of benzene rings is 3. The molecule has 3 aromatic rings. The van der Waals surface area contributed by atoms with Gasteiger partial charge in [0, 0.05) is 17.9 Å². The van der Waals surface area contributed by atoms with Crippen LogP contribution in [-0.2, 0) is 16.9 Å². The van der Waals surface area contributed by atoms with Crippen LogP contribution in [0.15, 0.2) is 96.7 Å². The monoisotopic (exact) mass is 559 g/mol. The third kappa shape index (κ3) is 7.63. The normalized spacial score (nSPS) is 15.0. The summed E-state index contributed by atoms with van der Waals surface area (Å²) in [6, 6.07) is 22.9. The highest BCUT2D eigenvalue weighted by Crippen LogP contribution is 2.40. The van der Waals surface area contributed by atoms with Crippen LogP contribution in [0.4, 0.5) is 24.5 Å². The SMILES string of the molecule is C=C(/C=C(\Nc1cccc(CN)c1)C(=O)Nc1cccc(C(N)(CCC2CC2)c2cccc(C#N)c2)c1)C(F)(F)F. The van der Waals surface area contributed by atoms with Gasteiger partial charge in [-0.15, -0.1) is 0 Å². The Morgan fingerprint density at radius 2 is 1.63 bits per heavy atom. The molecule has 0 saturated heterocycles. The lowest BCUT2D eigenvalue weighted by Gasteiger charge is -2.31. The first-order valence-corrected chi connectivity index (χ1v) is 13.3. The highest BCUT2D eigenvalue weighted by atomic mass is 19.4. The third-order valence-corrected chi connectivity index (χ3v) is 7.16. The van der Waals surface area contributed by atoms with Crippen molar-refractivity contribution in [2.45, 2.75) is 43.9 Å². The average molecular weight is 560 g/mol. The van der Waals surface area contributed by atoms with Crippen molar-refractivity contribution >= 4 is 17.3 Å². The molecule has 9 heteroatoms. The highest BCUT2D eigenvalue weighted by Gasteiger charge is 2.34. The molecule has 0 aliphatic heterocycles. The average Bonchev–Trinajstić information content (AvgIpc) is 3.80. The lowest BCUT2D eigenvalue weighted by molar-refractivity contribution is -0.112. The number of halogens is 3. The molecule has 0 bridgehead atoms. The zero-order valence-corrected chi connectivity index (χ0v) is 22.5. The first-order chi connectivity index (χ1) is 19.5. The molecule has 1 aliphatic rings. The second-order valence-electron chi connectivity index (χ2n) is 10.3. The number of rotatable bonds is 11. The van der Waals surface area contributed by atoms with E-state index in [-0.39, 0.29) is 12.2 Å². The van der Waals surface area contributed by atoms with Crippen molar-refractivity contribution in [1.82, 2.24) is 0 Å². The Balaban J connectivity index is 1.65. The number of amides is 1. The van der Waals surface area contributed by atoms with Gasteiger partial charge in [-0.1, -0.05) is 55.8 Å². The topological polar surface area (TPSA) is 117 Å². The smallest absolute Gasteiger partial charge is 0.351 e. The number of carbonyl (C=O) groups excluding carboxylic acids is 1. The number of nitrogens with one attached hydrogen (secondary N) is 2. The van der Waals surface area contributed by atoms with Gasteiger partial charge in [-0.3, -0.25) is 4.79 Å². The maximum Gasteiger partial charge on any atom is 0.415 e. The van der Waals surface area contributed by atoms with Crippen LogP contribution in [0, 0.1) is 17.2 Å². The van der Waals surface area contributed by atoms with E-state index >= 15 is 0 Å². The zero-order chi connectivity index (χ0) is 29.6. The minimum Gasteiger partial charge on any atom is -0.351 e. The Bertz CT molecular complexity index is 1500. The van der Waals surface area contributed by atoms with E-state index in [1.54, 1.807) is 60.7 Å². The molecule has 0 aromatic heterocycles. The molecule has 6 N–H and O–H groups in total. The predicted molar refractivity (Wildman–Crippen MR) is 154 cm³/mol. The Hall–Kier alpha value is -4.39. The van der Waals surface area contributed by atoms with Crippen LogP contribution in [0.3, 0.4) is 0 Å². The summed E-state index contributed by atoms with van der Waals surface area (Å²) in [7, 11) is 0. The largest absolute Gasteiger partial charge is 0.415 e. The van der Waals surface area contributed by atoms with Gasteiger partial charge in [0.25, 0.3) is 5.91 Å². The number of anilines is 2. The van der Waals surface area contributed by atoms with Gasteiger partial charge in [-0.05, 0) is 77.9 Å². The van der Waals surface area contributed by atoms with Gasteiger partial charge in [0.15, 0.2) is 0 Å². The quantitative estimate of drug-likeness (QED) is 0.159. The van der Waals surface area contributed by atoms with Gasteiger partial charge < -0.3 is 22.1 Å². The minimum absolute atomic E-state index is 0.224. The standard InChI is InChI=1S/C32H32F3N5O/c1-21(32(33,34)35)15-29(39-27-9-3-6-24(17-27)20-37)30(41)40-28-10-4-8-26(18-28)31(38,14-13-22-11-12-22)25-7-2-5-23(16-25)19-36/h2-10,15-18,22,39H,1,11-14,20,37-38H2,(H,40,41)/b29-15-. The van der Waals surface area contributed by atoms with E-state index in [4.69, 9.17) is 11.5 Å². The first kappa shape index (κ1) is 29.6. The van der Waals surface area contributed by atoms with Crippen LogP contribution >= 0.6 is 0 Å². The molecule has 1 atom stereocenters. The molecular weight excluding hydrogens is 527 g/mol. The van der Waals surface area contributed by atoms with E-state index in [0.717, 1.165) is 30.4 Å². The van der Waals surface area contributed by atoms with Crippen molar-refractivity contribution in [3.8, 4) is 6.07 Å². The maximum atomic E-state index is 13.3. The predicted octanol–water partition coefficient (Wildman–Crippen LogP) is 6.46. The lowest BCUT2D eigenvalue weighted by Crippen LogP contribution is -2.38. The van der Waals surface area contributed by atoms with Gasteiger partial charge in [-0.25, -0.2) is 0 Å². The zero-order valence-electron chi connectivity index (χ0n) is 22.5. The van der Waals surface area contributed by atoms with Crippen molar-refractivity contribution in [2.24, 2.45) is 17.4 Å². The van der Waals surface area contributed by atoms with Crippen molar-refractivity contribution in [1.29, 1.82) is 5.26 Å². The highest BCUT2D eigenvalue weighted by molar-refractivity contribution is 6.06. The van der Waals surface area contributed by atoms with Crippen LogP contribution in [0.1, 0.15) is 47.9 Å². The van der Waals surface area contributed by atoms with Crippen LogP contribution in [0.25, 0.3) is 0 Å². The molecule has 1 fully saturated rings. The van der Waals surface area contributed by atoms with Gasteiger partial charge >= 0.3 is 6.18 Å². The van der Waals surface area contributed by atoms with Crippen molar-refractivity contribution in [3.63, 3.8) is 0 Å². The van der Waals surface area contributed by atoms with Crippen LogP contribution < -0.4 is 22.1 Å². The maximum absolute atomic E-state index is 13.3. The van der Waals surface area contributed by atoms with Crippen molar-refractivity contribution < 1.29 is 18.0 Å². The molecule has 6 nitrogen and oxygen atoms in total. The number of hydrogen-bond acceptors (Lipinski definition) is 5. The second kappa shape index (κ2) is 12.4. The van der Waals surface area contributed by atoms with Crippen LogP contribution in [0.5, 0.6) is 0 Å². The van der Waals surface area contributed by atoms with Crippen molar-refractivity contribution in [2.75, 3.05) is 10.6 Å². The fourth-order valence-electron chi connectivity index (χ4n) is 4.58. The summed E-state index contributed by atoms with van der Waals surface area (Å²) in [6.45, 7) is 3.31. The number of nitrogens with zero attached hydrogens (tertiary/aromatic N) is 1. The fourth-order valence-corrected chi connectivity index (χ4v) is 4.58. The summed E-state index contributed by atoms with van der Waals surface area (Å²) < 4.78 is 40.0. The first-order valence-electron chi connectivity index (χ1n) is 13.3. The van der Waals surface area contributed by atoms with Crippen molar-refractivity contribution in [3.05, 3.63) is 119 Å². The second-order valence-corrected chi connectivity index (χ2v) is 10.3. The van der Waals surface area contributed by atoms with Gasteiger partial charge in [0.2, 0.25) is 0 Å². The van der Waals surface area contributed by atoms with E-state index in [0.29, 0.717) is 40.9 Å². The molecular formula is C32H32F3N5O. The van der Waals surface area contributed by atoms with Crippen LogP contribution in [0.2, 0.25) is 0 Å². The van der Waals surface area contributed by atoms with Crippen LogP contribution in [-0.4, -0.2) is 12.1 Å². The molecule has 41 heavy (non-hydrogen) atoms. The number of alkyl halides is 3. The van der Waals surface area contributed by atoms with E-state index in [2.05, 4.69) is 23.3 Å². The molecule has 0 radical (unpaired) electrons. The Morgan fingerprint density at radius 3 is 2.27 bits per heavy atom. The lowest BCUT2D eigenvalue weighted by atomic mass is 9.79. The third-order valence-electron chi connectivity index (χ3n) is 7.16. The molecule has 0 heterocycles. The summed E-state index contributed by atoms with van der Waals surface area (Å²) in [4.78, 5) is 13.3. The fraction of sp³-hybridized carbons (Fsp3) is 0.250. The molecule has 1 unspecified atom stereocenters. The molecule has 3 aromatic carbocycles. The molecule has 212 valence electrons. The molecule has 1 amide bonds. The number of allylic oxidation sites excluding steroid dienone is 2. The number of nitrogens with two attached hydrogens (primary N) is 2. The Morgan fingerprint density at radius 1 is 1.00 bits per heavy atom. The molecule has 1 aliphatic carbocycles. The Labute approximate surface area is 237 Å². The summed E-state index contributed by atoms with van der Waals surface area (Å²) in [5.74, 6) is -0.184. The summed E-state index contributed by atoms with van der Waals surface area (Å²) in [5, 5.41) is 14.9. The van der Waals surface area contributed by atoms with Gasteiger partial charge in [-0.2, -0.15) is 18.4 Å². The molecule has 1 saturated carbocycles. The number of hydrogen-bond donors (Lipinski definition) is 4. The summed E-state index contributed by atoms with van der Waals surface area (Å²) in [6.07, 6.45) is -0.203. The van der Waals surface area contributed by atoms with E-state index in [1.165, 1.54) is 0 Å². The van der Waals surface area contributed by atoms with Gasteiger partial charge in [0.05, 0.1) is 22.7 Å². The molecule has 0 spiro atoms. The van der Waals surface area contributed by atoms with Gasteiger partial charge in [0.1, 0.15) is 5.70 Å². The summed E-state index contributed by atoms with van der Waals surface area (Å²) >= 11 is 0. The summed E-state index contributed by atoms with van der Waals surface area (Å²) in [5.41, 5.74) is 13.7. The number of nitriles is 1. The Kier molecular flexibility index (Phi) is 8.96. The van der Waals surface area contributed by atoms with E-state index in [1.807, 2.05) is 12.1 Å². The molecule has 4 rings (SSSR count). The van der Waals surface area contributed by atoms with E-state index < -0.39 is 23.2 Å².